The molecule has 0 radical (unpaired) electrons. The Hall–Kier alpha value is -2.13. The lowest BCUT2D eigenvalue weighted by atomic mass is 10.2. The van der Waals surface area contributed by atoms with Crippen LogP contribution in [-0.2, 0) is 4.74 Å². The minimum Gasteiger partial charge on any atom is -0.376 e. The second-order valence-corrected chi connectivity index (χ2v) is 3.66. The van der Waals surface area contributed by atoms with Crippen LogP contribution in [-0.4, -0.2) is 30.7 Å². The van der Waals surface area contributed by atoms with Crippen molar-refractivity contribution in [2.24, 2.45) is 0 Å². The lowest BCUT2D eigenvalue weighted by Crippen LogP contribution is -2.44. The molecule has 88 valence electrons. The number of rotatable bonds is 2. The summed E-state index contributed by atoms with van der Waals surface area (Å²) in [5.74, 6) is 0. The first kappa shape index (κ1) is 11.4. The molecule has 1 aromatic rings. The predicted molar refractivity (Wildman–Crippen MR) is 60.7 cm³/mol. The number of nitriles is 1. The second kappa shape index (κ2) is 4.80. The molecule has 1 unspecified atom stereocenters. The molecule has 1 aromatic carbocycles. The van der Waals surface area contributed by atoms with Gasteiger partial charge in [0, 0.05) is 12.6 Å². The lowest BCUT2D eigenvalue weighted by molar-refractivity contribution is -0.384. The number of benzene rings is 1. The van der Waals surface area contributed by atoms with Gasteiger partial charge in [0.15, 0.2) is 0 Å². The van der Waals surface area contributed by atoms with Gasteiger partial charge in [0.2, 0.25) is 0 Å². The fourth-order valence-corrected chi connectivity index (χ4v) is 1.86. The quantitative estimate of drug-likeness (QED) is 0.568. The Labute approximate surface area is 98.2 Å². The third-order valence-corrected chi connectivity index (χ3v) is 2.67. The molecule has 17 heavy (non-hydrogen) atoms. The molecule has 1 aliphatic rings. The van der Waals surface area contributed by atoms with Crippen LogP contribution in [0.15, 0.2) is 24.3 Å². The summed E-state index contributed by atoms with van der Waals surface area (Å²) in [5.41, 5.74) is 0.502. The standard InChI is InChI=1S/C11H11N3O3/c12-7-9-8-17-6-5-13(9)10-3-1-2-4-11(10)14(15)16/h1-4,9H,5-6,8H2. The van der Waals surface area contributed by atoms with Gasteiger partial charge in [-0.25, -0.2) is 0 Å². The van der Waals surface area contributed by atoms with Crippen LogP contribution < -0.4 is 4.90 Å². The van der Waals surface area contributed by atoms with E-state index in [1.807, 2.05) is 0 Å². The zero-order valence-electron chi connectivity index (χ0n) is 9.07. The Kier molecular flexibility index (Phi) is 3.21. The monoisotopic (exact) mass is 233 g/mol. The first-order chi connectivity index (χ1) is 8.24. The number of hydrogen-bond acceptors (Lipinski definition) is 5. The number of nitrogens with zero attached hydrogens (tertiary/aromatic N) is 3. The van der Waals surface area contributed by atoms with Crippen LogP contribution in [0.25, 0.3) is 0 Å². The van der Waals surface area contributed by atoms with Crippen molar-refractivity contribution in [2.45, 2.75) is 6.04 Å². The number of nitro groups is 1. The van der Waals surface area contributed by atoms with Gasteiger partial charge in [0.25, 0.3) is 5.69 Å². The summed E-state index contributed by atoms with van der Waals surface area (Å²) in [5, 5.41) is 19.9. The molecule has 0 saturated carbocycles. The van der Waals surface area contributed by atoms with Crippen molar-refractivity contribution < 1.29 is 9.66 Å². The van der Waals surface area contributed by atoms with Crippen molar-refractivity contribution in [3.05, 3.63) is 34.4 Å². The maximum Gasteiger partial charge on any atom is 0.292 e. The van der Waals surface area contributed by atoms with Crippen LogP contribution in [0.5, 0.6) is 0 Å². The smallest absolute Gasteiger partial charge is 0.292 e. The minimum atomic E-state index is -0.468. The summed E-state index contributed by atoms with van der Waals surface area (Å²) in [6, 6.07) is 8.08. The van der Waals surface area contributed by atoms with E-state index in [0.29, 0.717) is 18.8 Å². The predicted octanol–water partition coefficient (Wildman–Crippen LogP) is 1.32. The van der Waals surface area contributed by atoms with E-state index in [-0.39, 0.29) is 12.3 Å². The molecular weight excluding hydrogens is 222 g/mol. The SMILES string of the molecule is N#CC1COCCN1c1ccccc1[N+](=O)[O-]. The van der Waals surface area contributed by atoms with Gasteiger partial charge in [-0.1, -0.05) is 12.1 Å². The van der Waals surface area contributed by atoms with Gasteiger partial charge in [-0.15, -0.1) is 0 Å². The van der Waals surface area contributed by atoms with Gasteiger partial charge in [-0.05, 0) is 6.07 Å². The molecule has 0 amide bonds. The van der Waals surface area contributed by atoms with Gasteiger partial charge in [0.05, 0.1) is 24.2 Å². The molecule has 1 saturated heterocycles. The van der Waals surface area contributed by atoms with Gasteiger partial charge in [0.1, 0.15) is 11.7 Å². The largest absolute Gasteiger partial charge is 0.376 e. The third kappa shape index (κ3) is 2.19. The summed E-state index contributed by atoms with van der Waals surface area (Å²) < 4.78 is 5.19. The molecule has 1 atom stereocenters. The van der Waals surface area contributed by atoms with Crippen molar-refractivity contribution in [1.29, 1.82) is 5.26 Å². The molecule has 1 aliphatic heterocycles. The topological polar surface area (TPSA) is 79.4 Å². The molecule has 0 aliphatic carbocycles. The lowest BCUT2D eigenvalue weighted by Gasteiger charge is -2.32. The molecule has 0 spiro atoms. The van der Waals surface area contributed by atoms with Gasteiger partial charge < -0.3 is 9.64 Å². The highest BCUT2D eigenvalue weighted by Gasteiger charge is 2.27. The Bertz CT molecular complexity index is 469. The Balaban J connectivity index is 2.38. The molecule has 2 rings (SSSR count). The number of ether oxygens (including phenoxy) is 1. The highest BCUT2D eigenvalue weighted by atomic mass is 16.6. The highest BCUT2D eigenvalue weighted by molar-refractivity contribution is 5.64. The van der Waals surface area contributed by atoms with E-state index in [1.54, 1.807) is 23.1 Å². The first-order valence-electron chi connectivity index (χ1n) is 5.21. The summed E-state index contributed by atoms with van der Waals surface area (Å²) >= 11 is 0. The summed E-state index contributed by atoms with van der Waals surface area (Å²) in [4.78, 5) is 12.2. The van der Waals surface area contributed by atoms with E-state index < -0.39 is 11.0 Å². The molecule has 0 N–H and O–H groups in total. The summed E-state index contributed by atoms with van der Waals surface area (Å²) in [7, 11) is 0. The van der Waals surface area contributed by atoms with Crippen molar-refractivity contribution >= 4 is 11.4 Å². The second-order valence-electron chi connectivity index (χ2n) is 3.66. The van der Waals surface area contributed by atoms with Crippen LogP contribution >= 0.6 is 0 Å². The fourth-order valence-electron chi connectivity index (χ4n) is 1.86. The van der Waals surface area contributed by atoms with E-state index in [9.17, 15) is 10.1 Å². The van der Waals surface area contributed by atoms with Crippen LogP contribution in [0.2, 0.25) is 0 Å². The van der Waals surface area contributed by atoms with Gasteiger partial charge in [-0.3, -0.25) is 10.1 Å². The van der Waals surface area contributed by atoms with E-state index in [1.165, 1.54) is 6.07 Å². The van der Waals surface area contributed by atoms with Crippen molar-refractivity contribution in [3.8, 4) is 6.07 Å². The number of morpholine rings is 1. The van der Waals surface area contributed by atoms with Crippen LogP contribution in [0, 0.1) is 21.4 Å². The van der Waals surface area contributed by atoms with Crippen LogP contribution in [0.1, 0.15) is 0 Å². The van der Waals surface area contributed by atoms with Gasteiger partial charge >= 0.3 is 0 Å². The fraction of sp³-hybridized carbons (Fsp3) is 0.364. The van der Waals surface area contributed by atoms with Crippen LogP contribution in [0.3, 0.4) is 0 Å². The maximum absolute atomic E-state index is 10.9. The summed E-state index contributed by atoms with van der Waals surface area (Å²) in [6.45, 7) is 1.25. The number of hydrogen-bond donors (Lipinski definition) is 0. The van der Waals surface area contributed by atoms with Crippen molar-refractivity contribution in [2.75, 3.05) is 24.7 Å². The van der Waals surface area contributed by atoms with E-state index >= 15 is 0 Å². The average molecular weight is 233 g/mol. The Morgan fingerprint density at radius 2 is 2.29 bits per heavy atom. The molecule has 1 heterocycles. The first-order valence-corrected chi connectivity index (χ1v) is 5.21. The zero-order valence-corrected chi connectivity index (χ0v) is 9.07. The molecule has 0 aromatic heterocycles. The maximum atomic E-state index is 10.9. The molecular formula is C11H11N3O3. The zero-order chi connectivity index (χ0) is 12.3. The molecule has 0 bridgehead atoms. The van der Waals surface area contributed by atoms with E-state index in [2.05, 4.69) is 6.07 Å². The molecule has 1 fully saturated rings. The Morgan fingerprint density at radius 1 is 1.53 bits per heavy atom. The highest BCUT2D eigenvalue weighted by Crippen LogP contribution is 2.29. The molecule has 6 nitrogen and oxygen atoms in total. The summed E-state index contributed by atoms with van der Waals surface area (Å²) in [6.07, 6.45) is 0. The normalized spacial score (nSPS) is 19.7. The molecule has 6 heteroatoms. The van der Waals surface area contributed by atoms with Crippen molar-refractivity contribution in [1.82, 2.24) is 0 Å². The van der Waals surface area contributed by atoms with E-state index in [4.69, 9.17) is 10.00 Å². The number of nitro benzene ring substituents is 1. The average Bonchev–Trinajstić information content (AvgIpc) is 2.38. The van der Waals surface area contributed by atoms with Crippen molar-refractivity contribution in [3.63, 3.8) is 0 Å². The minimum absolute atomic E-state index is 0.0228. The van der Waals surface area contributed by atoms with Gasteiger partial charge in [-0.2, -0.15) is 5.26 Å². The number of anilines is 1. The van der Waals surface area contributed by atoms with E-state index in [0.717, 1.165) is 0 Å². The third-order valence-electron chi connectivity index (χ3n) is 2.67. The van der Waals surface area contributed by atoms with Crippen LogP contribution in [0.4, 0.5) is 11.4 Å². The Morgan fingerprint density at radius 3 is 3.00 bits per heavy atom. The number of para-hydroxylation sites is 2.